The number of nitrogens with zero attached hydrogens (tertiary/aromatic N) is 1. The molecule has 0 saturated heterocycles. The maximum atomic E-state index is 12.4. The molecule has 0 spiro atoms. The molecule has 9 heteroatoms. The quantitative estimate of drug-likeness (QED) is 0.116. The lowest BCUT2D eigenvalue weighted by molar-refractivity contribution is -0.145. The molecule has 9 nitrogen and oxygen atoms in total. The summed E-state index contributed by atoms with van der Waals surface area (Å²) in [6.45, 7) is 4.31. The summed E-state index contributed by atoms with van der Waals surface area (Å²) in [4.78, 5) is 29.8. The smallest absolute Gasteiger partial charge is 0.328 e. The number of aliphatic hydroxyl groups is 1. The number of amidine groups is 1. The Bertz CT molecular complexity index is 1100. The summed E-state index contributed by atoms with van der Waals surface area (Å²) in [5, 5.41) is 25.4. The van der Waals surface area contributed by atoms with Gasteiger partial charge >= 0.3 is 5.97 Å². The Hall–Kier alpha value is -2.86. The van der Waals surface area contributed by atoms with Gasteiger partial charge in [-0.1, -0.05) is 30.5 Å². The first-order chi connectivity index (χ1) is 18.5. The van der Waals surface area contributed by atoms with E-state index < -0.39 is 23.5 Å². The minimum absolute atomic E-state index is 0.0341. The van der Waals surface area contributed by atoms with Crippen LogP contribution in [0.25, 0.3) is 0 Å². The fourth-order valence-electron chi connectivity index (χ4n) is 8.19. The topological polar surface area (TPSA) is 147 Å². The number of esters is 1. The summed E-state index contributed by atoms with van der Waals surface area (Å²) in [6.07, 6.45) is 16.7. The number of methoxy groups -OCH3 is 1. The molecule has 4 aliphatic carbocycles. The molecule has 39 heavy (non-hydrogen) atoms. The van der Waals surface area contributed by atoms with Crippen LogP contribution in [0.2, 0.25) is 0 Å². The number of terminal acetylenes is 1. The highest BCUT2D eigenvalue weighted by Gasteiger charge is 2.63. The number of ether oxygens (including phenoxy) is 1. The molecule has 0 bridgehead atoms. The highest BCUT2D eigenvalue weighted by molar-refractivity contribution is 5.96. The van der Waals surface area contributed by atoms with Crippen molar-refractivity contribution < 1.29 is 24.3 Å². The summed E-state index contributed by atoms with van der Waals surface area (Å²) in [6, 6.07) is -0.820. The summed E-state index contributed by atoms with van der Waals surface area (Å²) >= 11 is 0. The van der Waals surface area contributed by atoms with Crippen LogP contribution < -0.4 is 11.1 Å². The number of fused-ring (bicyclic) bond motifs is 5. The standard InChI is InChI=1S/C30H44N4O5/c1-5-30(37)16-13-23-21-10-9-19-17-20(11-14-28(19,2)22(21)12-15-29(23,30)3)34-39-18-26(35)33-24(27(36)38-4)7-6-8-25(31)32/h1,17,21-24,37H,6-16,18H2,2-4H3,(H3,31,32)(H,33,35)/t21-,22-,23-,24-,28+,29+,30-/m1/s1. The Morgan fingerprint density at radius 1 is 1.26 bits per heavy atom. The van der Waals surface area contributed by atoms with Crippen LogP contribution in [0.3, 0.4) is 0 Å². The molecule has 0 radical (unpaired) electrons. The van der Waals surface area contributed by atoms with Gasteiger partial charge in [0, 0.05) is 11.8 Å². The zero-order valence-electron chi connectivity index (χ0n) is 23.6. The average Bonchev–Trinajstić information content (AvgIpc) is 3.18. The van der Waals surface area contributed by atoms with E-state index in [0.29, 0.717) is 43.4 Å². The van der Waals surface area contributed by atoms with Crippen LogP contribution in [0.4, 0.5) is 0 Å². The first-order valence-corrected chi connectivity index (χ1v) is 14.3. The predicted octanol–water partition coefficient (Wildman–Crippen LogP) is 3.45. The van der Waals surface area contributed by atoms with Gasteiger partial charge in [-0.15, -0.1) is 6.42 Å². The number of carbonyl (C=O) groups excluding carboxylic acids is 2. The molecule has 0 aliphatic heterocycles. The molecule has 0 aromatic rings. The minimum atomic E-state index is -0.985. The van der Waals surface area contributed by atoms with Gasteiger partial charge in [-0.2, -0.15) is 0 Å². The normalized spacial score (nSPS) is 36.8. The van der Waals surface area contributed by atoms with E-state index in [1.807, 2.05) is 0 Å². The van der Waals surface area contributed by atoms with E-state index in [-0.39, 0.29) is 23.3 Å². The number of nitrogens with one attached hydrogen (secondary N) is 2. The molecule has 0 unspecified atom stereocenters. The number of rotatable bonds is 9. The summed E-state index contributed by atoms with van der Waals surface area (Å²) < 4.78 is 4.78. The van der Waals surface area contributed by atoms with Crippen molar-refractivity contribution in [2.24, 2.45) is 39.5 Å². The molecule has 0 heterocycles. The first kappa shape index (κ1) is 29.1. The van der Waals surface area contributed by atoms with Crippen LogP contribution in [0.5, 0.6) is 0 Å². The van der Waals surface area contributed by atoms with E-state index in [2.05, 4.69) is 36.3 Å². The van der Waals surface area contributed by atoms with Crippen molar-refractivity contribution in [2.45, 2.75) is 96.1 Å². The fraction of sp³-hybridized carbons (Fsp3) is 0.733. The Balaban J connectivity index is 1.35. The van der Waals surface area contributed by atoms with Crippen molar-refractivity contribution in [1.82, 2.24) is 5.32 Å². The second-order valence-corrected chi connectivity index (χ2v) is 12.4. The van der Waals surface area contributed by atoms with Crippen molar-refractivity contribution in [3.63, 3.8) is 0 Å². The molecular formula is C30H44N4O5. The van der Waals surface area contributed by atoms with Gasteiger partial charge in [-0.25, -0.2) is 4.79 Å². The van der Waals surface area contributed by atoms with Crippen LogP contribution >= 0.6 is 0 Å². The Labute approximate surface area is 231 Å². The van der Waals surface area contributed by atoms with Crippen LogP contribution in [-0.4, -0.2) is 53.9 Å². The van der Waals surface area contributed by atoms with Crippen molar-refractivity contribution in [3.8, 4) is 12.3 Å². The fourth-order valence-corrected chi connectivity index (χ4v) is 8.19. The summed E-state index contributed by atoms with van der Waals surface area (Å²) in [5.41, 5.74) is 6.54. The molecule has 3 saturated carbocycles. The highest BCUT2D eigenvalue weighted by Crippen LogP contribution is 2.67. The monoisotopic (exact) mass is 540 g/mol. The molecular weight excluding hydrogens is 496 g/mol. The zero-order valence-corrected chi connectivity index (χ0v) is 23.6. The number of carbonyl (C=O) groups is 2. The van der Waals surface area contributed by atoms with Gasteiger partial charge in [0.15, 0.2) is 6.61 Å². The Morgan fingerprint density at radius 3 is 2.69 bits per heavy atom. The lowest BCUT2D eigenvalue weighted by Crippen LogP contribution is -2.54. The summed E-state index contributed by atoms with van der Waals surface area (Å²) in [7, 11) is 1.27. The molecule has 3 fully saturated rings. The van der Waals surface area contributed by atoms with Crippen LogP contribution in [0.15, 0.2) is 16.8 Å². The van der Waals surface area contributed by atoms with Gasteiger partial charge in [0.2, 0.25) is 0 Å². The predicted molar refractivity (Wildman–Crippen MR) is 149 cm³/mol. The van der Waals surface area contributed by atoms with Gasteiger partial charge < -0.3 is 25.7 Å². The molecule has 4 rings (SSSR count). The molecule has 5 N–H and O–H groups in total. The van der Waals surface area contributed by atoms with Crippen molar-refractivity contribution >= 4 is 23.4 Å². The number of hydrogen-bond acceptors (Lipinski definition) is 7. The SMILES string of the molecule is C#C[C@@]1(O)CC[C@@H]2[C@@H]3CCC4=CC(=NOCC(=O)N[C@H](CCCC(=N)N)C(=O)OC)CC[C@]4(C)[C@@H]3CC[C@@]21C. The first-order valence-electron chi connectivity index (χ1n) is 14.3. The van der Waals surface area contributed by atoms with E-state index >= 15 is 0 Å². The molecule has 0 aromatic carbocycles. The van der Waals surface area contributed by atoms with Crippen LogP contribution in [-0.2, 0) is 19.2 Å². The van der Waals surface area contributed by atoms with E-state index in [4.69, 9.17) is 27.1 Å². The number of allylic oxidation sites excluding steroid dienone is 2. The molecule has 7 atom stereocenters. The summed E-state index contributed by atoms with van der Waals surface area (Å²) in [5.74, 6) is 3.39. The lowest BCUT2D eigenvalue weighted by atomic mass is 9.46. The Morgan fingerprint density at radius 2 is 2.00 bits per heavy atom. The number of nitrogens with two attached hydrogens (primary N) is 1. The third-order valence-corrected chi connectivity index (χ3v) is 10.5. The molecule has 214 valence electrons. The third-order valence-electron chi connectivity index (χ3n) is 10.5. The number of hydrogen-bond donors (Lipinski definition) is 4. The van der Waals surface area contributed by atoms with Crippen molar-refractivity contribution in [1.29, 1.82) is 5.41 Å². The second kappa shape index (κ2) is 11.3. The van der Waals surface area contributed by atoms with Crippen LogP contribution in [0.1, 0.15) is 84.5 Å². The highest BCUT2D eigenvalue weighted by atomic mass is 16.6. The molecule has 1 amide bonds. The average molecular weight is 541 g/mol. The second-order valence-electron chi connectivity index (χ2n) is 12.4. The van der Waals surface area contributed by atoms with Crippen LogP contribution in [0, 0.1) is 46.3 Å². The van der Waals surface area contributed by atoms with E-state index in [1.165, 1.54) is 12.7 Å². The van der Waals surface area contributed by atoms with E-state index in [9.17, 15) is 14.7 Å². The third kappa shape index (κ3) is 5.45. The van der Waals surface area contributed by atoms with Gasteiger partial charge in [0.05, 0.1) is 18.7 Å². The molecule has 4 aliphatic rings. The maximum Gasteiger partial charge on any atom is 0.328 e. The van der Waals surface area contributed by atoms with Gasteiger partial charge in [0.1, 0.15) is 11.6 Å². The van der Waals surface area contributed by atoms with E-state index in [1.54, 1.807) is 0 Å². The largest absolute Gasteiger partial charge is 0.467 e. The molecule has 0 aromatic heterocycles. The van der Waals surface area contributed by atoms with Crippen molar-refractivity contribution in [3.05, 3.63) is 11.6 Å². The van der Waals surface area contributed by atoms with E-state index in [0.717, 1.165) is 50.7 Å². The van der Waals surface area contributed by atoms with Gasteiger partial charge in [-0.3, -0.25) is 10.2 Å². The van der Waals surface area contributed by atoms with Gasteiger partial charge in [-0.05, 0) is 93.5 Å². The van der Waals surface area contributed by atoms with Gasteiger partial charge in [0.25, 0.3) is 5.91 Å². The lowest BCUT2D eigenvalue weighted by Gasteiger charge is -2.58. The van der Waals surface area contributed by atoms with Crippen molar-refractivity contribution in [2.75, 3.05) is 13.7 Å². The minimum Gasteiger partial charge on any atom is -0.467 e. The maximum absolute atomic E-state index is 12.4. The zero-order chi connectivity index (χ0) is 28.4. The Kier molecular flexibility index (Phi) is 8.46. The number of oxime groups is 1. The number of amides is 1.